The number of esters is 1. The van der Waals surface area contributed by atoms with Crippen molar-refractivity contribution < 1.29 is 33.6 Å². The lowest BCUT2D eigenvalue weighted by molar-refractivity contribution is -0.295. The van der Waals surface area contributed by atoms with Crippen LogP contribution in [-0.4, -0.2) is 134 Å². The highest BCUT2D eigenvalue weighted by Gasteiger charge is 2.52. The van der Waals surface area contributed by atoms with E-state index in [1.54, 1.807) is 27.9 Å². The van der Waals surface area contributed by atoms with Crippen molar-refractivity contribution >= 4 is 11.8 Å². The number of nitrogens with zero attached hydrogens (tertiary/aromatic N) is 3. The molecule has 0 aliphatic carbocycles. The SMILES string of the molecule is CO[C@]1(C)C[C@@H](C)CN(CC(C)C)[C@H](C2CN(CC(C)C)C2)COC(=O)C(C)(C)C(=O)[C@H](C)[C@H]1O[C@@H]1O[C@H](C)C[C@H](N(C)C)[C@H]1O. The Labute approximate surface area is 279 Å². The van der Waals surface area contributed by atoms with Gasteiger partial charge in [-0.2, -0.15) is 0 Å². The number of ether oxygens (including phenoxy) is 4. The Kier molecular flexibility index (Phi) is 13.7. The van der Waals surface area contributed by atoms with Gasteiger partial charge >= 0.3 is 5.97 Å². The number of methoxy groups -OCH3 is 1. The molecule has 0 aromatic rings. The van der Waals surface area contributed by atoms with Gasteiger partial charge in [0.15, 0.2) is 12.1 Å². The van der Waals surface area contributed by atoms with Gasteiger partial charge in [0.1, 0.15) is 18.1 Å². The third-order valence-electron chi connectivity index (χ3n) is 10.5. The van der Waals surface area contributed by atoms with Gasteiger partial charge in [-0.25, -0.2) is 0 Å². The van der Waals surface area contributed by atoms with E-state index in [9.17, 15) is 14.7 Å². The highest BCUT2D eigenvalue weighted by Crippen LogP contribution is 2.39. The van der Waals surface area contributed by atoms with Crippen LogP contribution in [-0.2, 0) is 28.5 Å². The number of ketones is 1. The second-order valence-electron chi connectivity index (χ2n) is 16.6. The molecule has 10 nitrogen and oxygen atoms in total. The number of carbonyl (C=O) groups is 2. The summed E-state index contributed by atoms with van der Waals surface area (Å²) in [6.45, 7) is 25.2. The largest absolute Gasteiger partial charge is 0.463 e. The summed E-state index contributed by atoms with van der Waals surface area (Å²) >= 11 is 0. The van der Waals surface area contributed by atoms with Crippen LogP contribution in [0.4, 0.5) is 0 Å². The summed E-state index contributed by atoms with van der Waals surface area (Å²) in [4.78, 5) is 35.1. The molecule has 0 aromatic heterocycles. The van der Waals surface area contributed by atoms with Crippen molar-refractivity contribution in [1.82, 2.24) is 14.7 Å². The molecule has 3 fully saturated rings. The maximum absolute atomic E-state index is 14.3. The first kappa shape index (κ1) is 39.3. The van der Waals surface area contributed by atoms with Crippen LogP contribution in [0.3, 0.4) is 0 Å². The molecule has 0 unspecified atom stereocenters. The van der Waals surface area contributed by atoms with Crippen molar-refractivity contribution in [2.75, 3.05) is 60.5 Å². The predicted octanol–water partition coefficient (Wildman–Crippen LogP) is 3.93. The molecule has 0 radical (unpaired) electrons. The second kappa shape index (κ2) is 16.0. The first-order valence-electron chi connectivity index (χ1n) is 17.7. The molecule has 3 rings (SSSR count). The van der Waals surface area contributed by atoms with Gasteiger partial charge in [-0.15, -0.1) is 0 Å². The van der Waals surface area contributed by atoms with Crippen molar-refractivity contribution in [3.63, 3.8) is 0 Å². The minimum atomic E-state index is -1.41. The monoisotopic (exact) mass is 653 g/mol. The Morgan fingerprint density at radius 2 is 1.61 bits per heavy atom. The summed E-state index contributed by atoms with van der Waals surface area (Å²) in [7, 11) is 5.53. The number of aliphatic hydroxyl groups is 1. The van der Waals surface area contributed by atoms with Crippen LogP contribution in [0.15, 0.2) is 0 Å². The molecule has 3 aliphatic heterocycles. The molecule has 1 N–H and O–H groups in total. The van der Waals surface area contributed by atoms with Gasteiger partial charge in [-0.1, -0.05) is 41.5 Å². The summed E-state index contributed by atoms with van der Waals surface area (Å²) in [5, 5.41) is 11.4. The number of hydrogen-bond acceptors (Lipinski definition) is 10. The molecule has 0 bridgehead atoms. The molecule has 0 spiro atoms. The molecular formula is C36H67N3O7. The Morgan fingerprint density at radius 3 is 2.15 bits per heavy atom. The van der Waals surface area contributed by atoms with E-state index in [1.807, 2.05) is 32.8 Å². The third kappa shape index (κ3) is 9.30. The minimum Gasteiger partial charge on any atom is -0.463 e. The van der Waals surface area contributed by atoms with Crippen LogP contribution >= 0.6 is 0 Å². The Hall–Kier alpha value is -1.14. The molecule has 0 amide bonds. The predicted molar refractivity (Wildman–Crippen MR) is 180 cm³/mol. The molecule has 268 valence electrons. The fourth-order valence-electron chi connectivity index (χ4n) is 8.08. The van der Waals surface area contributed by atoms with Crippen LogP contribution < -0.4 is 0 Å². The van der Waals surface area contributed by atoms with Gasteiger partial charge in [-0.3, -0.25) is 14.5 Å². The minimum absolute atomic E-state index is 0.0531. The molecule has 0 saturated carbocycles. The van der Waals surface area contributed by atoms with E-state index in [-0.39, 0.29) is 36.5 Å². The molecular weight excluding hydrogens is 586 g/mol. The van der Waals surface area contributed by atoms with Crippen LogP contribution in [0.5, 0.6) is 0 Å². The number of carbonyl (C=O) groups excluding carboxylic acids is 2. The van der Waals surface area contributed by atoms with E-state index in [2.05, 4.69) is 44.4 Å². The molecule has 3 heterocycles. The number of aliphatic hydroxyl groups excluding tert-OH is 1. The standard InChI is InChI=1S/C36H67N3O7/c1-22(2)16-38-19-27(20-38)29-21-44-34(42)35(8,9)31(41)26(7)32(46-33-30(40)28(37(11)12)14-25(6)45-33)36(10,43-13)15-24(5)18-39(29)17-23(3)4/h22-30,32-33,40H,14-21H2,1-13H3/t24-,25-,26+,28+,29+,30-,32-,33+,36-/m1/s1. The van der Waals surface area contributed by atoms with Gasteiger partial charge in [-0.05, 0) is 72.4 Å². The van der Waals surface area contributed by atoms with Gasteiger partial charge < -0.3 is 33.9 Å². The number of rotatable bonds is 9. The van der Waals surface area contributed by atoms with Gasteiger partial charge in [0, 0.05) is 63.8 Å². The number of hydrogen-bond donors (Lipinski definition) is 1. The first-order valence-corrected chi connectivity index (χ1v) is 17.7. The smallest absolute Gasteiger partial charge is 0.319 e. The van der Waals surface area contributed by atoms with E-state index in [4.69, 9.17) is 18.9 Å². The summed E-state index contributed by atoms with van der Waals surface area (Å²) < 4.78 is 25.3. The zero-order valence-electron chi connectivity index (χ0n) is 31.2. The Bertz CT molecular complexity index is 1000. The van der Waals surface area contributed by atoms with Gasteiger partial charge in [0.2, 0.25) is 0 Å². The zero-order chi connectivity index (χ0) is 34.7. The maximum Gasteiger partial charge on any atom is 0.319 e. The van der Waals surface area contributed by atoms with Gasteiger partial charge in [0.25, 0.3) is 0 Å². The summed E-state index contributed by atoms with van der Waals surface area (Å²) in [5.41, 5.74) is -2.32. The third-order valence-corrected chi connectivity index (χ3v) is 10.5. The van der Waals surface area contributed by atoms with Crippen LogP contribution in [0.25, 0.3) is 0 Å². The Balaban J connectivity index is 2.01. The van der Waals surface area contributed by atoms with Crippen LogP contribution in [0.2, 0.25) is 0 Å². The van der Waals surface area contributed by atoms with E-state index in [0.717, 1.165) is 32.7 Å². The summed E-state index contributed by atoms with van der Waals surface area (Å²) in [6.07, 6.45) is -1.55. The topological polar surface area (TPSA) is 101 Å². The van der Waals surface area contributed by atoms with Crippen LogP contribution in [0.1, 0.15) is 82.1 Å². The van der Waals surface area contributed by atoms with Crippen molar-refractivity contribution in [2.24, 2.45) is 35.0 Å². The number of Topliss-reactive ketones (excluding diaryl/α,β-unsaturated/α-hetero) is 1. The molecule has 10 heteroatoms. The average molecular weight is 654 g/mol. The van der Waals surface area contributed by atoms with E-state index < -0.39 is 41.4 Å². The highest BCUT2D eigenvalue weighted by atomic mass is 16.7. The quantitative estimate of drug-likeness (QED) is 0.291. The lowest BCUT2D eigenvalue weighted by Crippen LogP contribution is -2.60. The lowest BCUT2D eigenvalue weighted by Gasteiger charge is -2.49. The number of likely N-dealkylation sites (N-methyl/N-ethyl adjacent to an activating group) is 1. The van der Waals surface area contributed by atoms with E-state index in [0.29, 0.717) is 30.6 Å². The highest BCUT2D eigenvalue weighted by molar-refractivity contribution is 6.04. The van der Waals surface area contributed by atoms with Crippen LogP contribution in [0, 0.1) is 35.0 Å². The zero-order valence-corrected chi connectivity index (χ0v) is 31.2. The summed E-state index contributed by atoms with van der Waals surface area (Å²) in [5.74, 6) is 0.0273. The van der Waals surface area contributed by atoms with E-state index >= 15 is 0 Å². The second-order valence-corrected chi connectivity index (χ2v) is 16.6. The fourth-order valence-corrected chi connectivity index (χ4v) is 8.08. The van der Waals surface area contributed by atoms with Gasteiger partial charge in [0.05, 0.1) is 17.8 Å². The molecule has 0 aromatic carbocycles. The molecule has 3 saturated heterocycles. The molecule has 46 heavy (non-hydrogen) atoms. The lowest BCUT2D eigenvalue weighted by atomic mass is 9.74. The van der Waals surface area contributed by atoms with Crippen molar-refractivity contribution in [2.45, 2.75) is 124 Å². The number of likely N-dealkylation sites (tertiary alicyclic amines) is 1. The fraction of sp³-hybridized carbons (Fsp3) is 0.944. The molecule has 3 aliphatic rings. The summed E-state index contributed by atoms with van der Waals surface area (Å²) in [6, 6.07) is -0.115. The first-order chi connectivity index (χ1) is 21.3. The average Bonchev–Trinajstić information content (AvgIpc) is 2.93. The normalized spacial score (nSPS) is 37.9. The molecule has 9 atom stereocenters. The van der Waals surface area contributed by atoms with E-state index in [1.165, 1.54) is 0 Å². The number of cyclic esters (lactones) is 1. The van der Waals surface area contributed by atoms with Crippen molar-refractivity contribution in [1.29, 1.82) is 0 Å². The van der Waals surface area contributed by atoms with Crippen molar-refractivity contribution in [3.05, 3.63) is 0 Å². The maximum atomic E-state index is 14.3. The Morgan fingerprint density at radius 1 is 1.00 bits per heavy atom. The van der Waals surface area contributed by atoms with Crippen molar-refractivity contribution in [3.8, 4) is 0 Å².